The van der Waals surface area contributed by atoms with Gasteiger partial charge in [-0.1, -0.05) is 6.07 Å². The molecule has 0 saturated carbocycles. The molecule has 1 aromatic carbocycles. The van der Waals surface area contributed by atoms with Crippen LogP contribution in [-0.4, -0.2) is 15.9 Å². The fraction of sp³-hybridized carbons (Fsp3) is 0.231. The van der Waals surface area contributed by atoms with Gasteiger partial charge in [-0.3, -0.25) is 10.1 Å². The molecule has 0 bridgehead atoms. The summed E-state index contributed by atoms with van der Waals surface area (Å²) in [6.07, 6.45) is -3.40. The van der Waals surface area contributed by atoms with Crippen molar-refractivity contribution in [2.75, 3.05) is 0 Å². The molecule has 0 unspecified atom stereocenters. The Labute approximate surface area is 131 Å². The molecule has 122 valence electrons. The number of hydrogen-bond acceptors (Lipinski definition) is 6. The average molecular weight is 346 g/mol. The molecule has 0 radical (unpaired) electrons. The van der Waals surface area contributed by atoms with E-state index < -0.39 is 33.9 Å². The topological polar surface area (TPSA) is 82.3 Å². The molecule has 10 heteroatoms. The molecule has 0 atom stereocenters. The average Bonchev–Trinajstić information content (AvgIpc) is 2.88. The number of ether oxygens (including phenoxy) is 1. The molecule has 1 aromatic heterocycles. The fourth-order valence-electron chi connectivity index (χ4n) is 1.81. The van der Waals surface area contributed by atoms with Gasteiger partial charge >= 0.3 is 12.1 Å². The molecule has 0 spiro atoms. The highest BCUT2D eigenvalue weighted by Crippen LogP contribution is 2.36. The van der Waals surface area contributed by atoms with Gasteiger partial charge in [0.25, 0.3) is 5.69 Å². The van der Waals surface area contributed by atoms with Gasteiger partial charge in [-0.25, -0.2) is 9.78 Å². The molecule has 23 heavy (non-hydrogen) atoms. The predicted molar refractivity (Wildman–Crippen MR) is 74.1 cm³/mol. The number of nitro groups is 1. The molecule has 0 aliphatic carbocycles. The van der Waals surface area contributed by atoms with E-state index in [4.69, 9.17) is 4.74 Å². The fourth-order valence-corrected chi connectivity index (χ4v) is 2.51. The predicted octanol–water partition coefficient (Wildman–Crippen LogP) is 3.74. The van der Waals surface area contributed by atoms with Gasteiger partial charge in [0, 0.05) is 17.1 Å². The molecule has 0 N–H and O–H groups in total. The van der Waals surface area contributed by atoms with Crippen LogP contribution in [0.2, 0.25) is 0 Å². The number of thiazole rings is 1. The Hall–Kier alpha value is -2.49. The summed E-state index contributed by atoms with van der Waals surface area (Å²) in [5.41, 5.74) is -3.48. The number of alkyl halides is 3. The summed E-state index contributed by atoms with van der Waals surface area (Å²) in [6, 6.07) is 2.28. The van der Waals surface area contributed by atoms with Crippen molar-refractivity contribution < 1.29 is 27.6 Å². The van der Waals surface area contributed by atoms with Gasteiger partial charge < -0.3 is 4.74 Å². The number of aromatic nitrogens is 1. The number of carbonyl (C=O) groups excluding carboxylic acids is 1. The van der Waals surface area contributed by atoms with Crippen LogP contribution in [0, 0.1) is 17.0 Å². The van der Waals surface area contributed by atoms with Gasteiger partial charge in [0.2, 0.25) is 0 Å². The molecule has 0 amide bonds. The summed E-state index contributed by atoms with van der Waals surface area (Å²) in [5, 5.41) is 11.3. The number of esters is 1. The zero-order valence-corrected chi connectivity index (χ0v) is 12.4. The summed E-state index contributed by atoms with van der Waals surface area (Å²) in [4.78, 5) is 26.5. The lowest BCUT2D eigenvalue weighted by atomic mass is 10.1. The first-order chi connectivity index (χ1) is 10.7. The Morgan fingerprint density at radius 1 is 1.43 bits per heavy atom. The van der Waals surface area contributed by atoms with Crippen molar-refractivity contribution in [3.8, 4) is 0 Å². The molecule has 6 nitrogen and oxygen atoms in total. The summed E-state index contributed by atoms with van der Waals surface area (Å²) >= 11 is 1.20. The minimum atomic E-state index is -4.92. The first-order valence-electron chi connectivity index (χ1n) is 6.13. The van der Waals surface area contributed by atoms with Crippen molar-refractivity contribution in [2.45, 2.75) is 19.7 Å². The zero-order chi connectivity index (χ0) is 17.2. The number of benzene rings is 1. The van der Waals surface area contributed by atoms with Crippen molar-refractivity contribution in [2.24, 2.45) is 0 Å². The second-order valence-corrected chi connectivity index (χ2v) is 5.71. The van der Waals surface area contributed by atoms with Crippen molar-refractivity contribution in [3.63, 3.8) is 0 Å². The van der Waals surface area contributed by atoms with Gasteiger partial charge in [-0.15, -0.1) is 11.3 Å². The second-order valence-electron chi connectivity index (χ2n) is 4.40. The van der Waals surface area contributed by atoms with E-state index in [0.717, 1.165) is 17.0 Å². The summed E-state index contributed by atoms with van der Waals surface area (Å²) in [7, 11) is 0. The van der Waals surface area contributed by atoms with E-state index in [9.17, 15) is 28.1 Å². The van der Waals surface area contributed by atoms with Crippen LogP contribution in [0.3, 0.4) is 0 Å². The third-order valence-electron chi connectivity index (χ3n) is 2.74. The van der Waals surface area contributed by atoms with Crippen LogP contribution in [0.4, 0.5) is 18.9 Å². The molecule has 0 aliphatic rings. The van der Waals surface area contributed by atoms with Gasteiger partial charge in [-0.2, -0.15) is 13.2 Å². The van der Waals surface area contributed by atoms with Gasteiger partial charge in [0.1, 0.15) is 17.2 Å². The number of halogens is 3. The van der Waals surface area contributed by atoms with Crippen molar-refractivity contribution >= 4 is 23.0 Å². The normalized spacial score (nSPS) is 11.3. The Balaban J connectivity index is 2.35. The van der Waals surface area contributed by atoms with Gasteiger partial charge in [0.15, 0.2) is 0 Å². The number of carbonyl (C=O) groups is 1. The lowest BCUT2D eigenvalue weighted by Crippen LogP contribution is -2.17. The Kier molecular flexibility index (Phi) is 4.64. The van der Waals surface area contributed by atoms with E-state index in [-0.39, 0.29) is 6.61 Å². The van der Waals surface area contributed by atoms with Crippen LogP contribution in [0.1, 0.15) is 25.8 Å². The largest absolute Gasteiger partial charge is 0.454 e. The highest BCUT2D eigenvalue weighted by atomic mass is 32.1. The standard InChI is InChI=1S/C13H9F3N2O4S/c1-7-5-17-10(23-7)6-22-12(19)11-8(13(14,15)16)3-2-4-9(11)18(20)21/h2-5H,6H2,1H3. The lowest BCUT2D eigenvalue weighted by Gasteiger charge is -2.12. The molecular weight excluding hydrogens is 337 g/mol. The molecule has 0 aliphatic heterocycles. The monoisotopic (exact) mass is 346 g/mol. The summed E-state index contributed by atoms with van der Waals surface area (Å²) < 4.78 is 43.7. The smallest absolute Gasteiger partial charge is 0.417 e. The SMILES string of the molecule is Cc1cnc(COC(=O)c2c([N+](=O)[O-])cccc2C(F)(F)F)s1. The number of rotatable bonds is 4. The van der Waals surface area contributed by atoms with Crippen molar-refractivity contribution in [3.05, 3.63) is 55.5 Å². The van der Waals surface area contributed by atoms with Crippen LogP contribution in [-0.2, 0) is 17.5 Å². The second kappa shape index (κ2) is 6.32. The summed E-state index contributed by atoms with van der Waals surface area (Å²) in [5.74, 6) is -1.42. The Morgan fingerprint density at radius 2 is 2.13 bits per heavy atom. The number of hydrogen-bond donors (Lipinski definition) is 0. The number of nitro benzene ring substituents is 1. The van der Waals surface area contributed by atoms with E-state index in [2.05, 4.69) is 4.98 Å². The Morgan fingerprint density at radius 3 is 2.65 bits per heavy atom. The number of aryl methyl sites for hydroxylation is 1. The van der Waals surface area contributed by atoms with Crippen molar-refractivity contribution in [1.82, 2.24) is 4.98 Å². The van der Waals surface area contributed by atoms with Crippen LogP contribution >= 0.6 is 11.3 Å². The first-order valence-corrected chi connectivity index (χ1v) is 6.95. The molecule has 0 fully saturated rings. The van der Waals surface area contributed by atoms with Crippen LogP contribution < -0.4 is 0 Å². The van der Waals surface area contributed by atoms with Crippen LogP contribution in [0.25, 0.3) is 0 Å². The molecule has 2 rings (SSSR count). The minimum Gasteiger partial charge on any atom is -0.454 e. The van der Waals surface area contributed by atoms with Crippen LogP contribution in [0.5, 0.6) is 0 Å². The summed E-state index contributed by atoms with van der Waals surface area (Å²) in [6.45, 7) is 1.40. The third kappa shape index (κ3) is 3.83. The molecule has 1 heterocycles. The maximum atomic E-state index is 13.0. The lowest BCUT2D eigenvalue weighted by molar-refractivity contribution is -0.385. The minimum absolute atomic E-state index is 0.360. The number of nitrogens with zero attached hydrogens (tertiary/aromatic N) is 2. The van der Waals surface area contributed by atoms with Crippen LogP contribution in [0.15, 0.2) is 24.4 Å². The molecule has 0 saturated heterocycles. The quantitative estimate of drug-likeness (QED) is 0.478. The van der Waals surface area contributed by atoms with E-state index in [0.29, 0.717) is 11.1 Å². The maximum Gasteiger partial charge on any atom is 0.417 e. The van der Waals surface area contributed by atoms with E-state index in [1.54, 1.807) is 6.92 Å². The highest BCUT2D eigenvalue weighted by molar-refractivity contribution is 7.11. The first kappa shape index (κ1) is 16.9. The highest BCUT2D eigenvalue weighted by Gasteiger charge is 2.40. The van der Waals surface area contributed by atoms with Gasteiger partial charge in [-0.05, 0) is 13.0 Å². The van der Waals surface area contributed by atoms with Crippen molar-refractivity contribution in [1.29, 1.82) is 0 Å². The van der Waals surface area contributed by atoms with E-state index >= 15 is 0 Å². The van der Waals surface area contributed by atoms with Gasteiger partial charge in [0.05, 0.1) is 10.5 Å². The molecule has 2 aromatic rings. The third-order valence-corrected chi connectivity index (χ3v) is 3.63. The maximum absolute atomic E-state index is 13.0. The van der Waals surface area contributed by atoms with E-state index in [1.165, 1.54) is 17.5 Å². The zero-order valence-electron chi connectivity index (χ0n) is 11.6. The molecular formula is C13H9F3N2O4S. The Bertz CT molecular complexity index is 758. The van der Waals surface area contributed by atoms with E-state index in [1.807, 2.05) is 0 Å².